The molecule has 0 saturated carbocycles. The van der Waals surface area contributed by atoms with E-state index in [0.29, 0.717) is 6.42 Å². The summed E-state index contributed by atoms with van der Waals surface area (Å²) in [6.45, 7) is 2.00. The third-order valence-corrected chi connectivity index (χ3v) is 3.17. The molecule has 0 heterocycles. The smallest absolute Gasteiger partial charge is 0.341 e. The molecule has 0 aliphatic heterocycles. The van der Waals surface area contributed by atoms with Crippen molar-refractivity contribution in [3.8, 4) is 0 Å². The van der Waals surface area contributed by atoms with Crippen LogP contribution in [0.15, 0.2) is 34.3 Å². The van der Waals surface area contributed by atoms with Crippen LogP contribution in [0.5, 0.6) is 0 Å². The molecule has 1 aromatic carbocycles. The summed E-state index contributed by atoms with van der Waals surface area (Å²) >= 11 is 3.34. The van der Waals surface area contributed by atoms with Gasteiger partial charge in [0.25, 0.3) is 0 Å². The highest BCUT2D eigenvalue weighted by atomic mass is 79.9. The Balaban J connectivity index is 2.99. The van der Waals surface area contributed by atoms with Gasteiger partial charge >= 0.3 is 5.97 Å². The number of benzene rings is 1. The number of hydrogen-bond acceptors (Lipinski definition) is 3. The Morgan fingerprint density at radius 1 is 1.26 bits per heavy atom. The summed E-state index contributed by atoms with van der Waals surface area (Å²) in [5.41, 5.74) is 0.909. The quantitative estimate of drug-likeness (QED) is 0.346. The molecular weight excluding hydrogens is 308 g/mol. The van der Waals surface area contributed by atoms with Gasteiger partial charge in [0.05, 0.1) is 7.11 Å². The third-order valence-electron chi connectivity index (χ3n) is 2.64. The number of halogens is 1. The van der Waals surface area contributed by atoms with E-state index in [2.05, 4.69) is 20.7 Å². The number of carbonyl (C=O) groups excluding carboxylic acids is 2. The number of hydrogen-bond donors (Lipinski definition) is 0. The molecule has 0 aliphatic rings. The van der Waals surface area contributed by atoms with Crippen LogP contribution in [-0.2, 0) is 14.3 Å². The first kappa shape index (κ1) is 15.6. The van der Waals surface area contributed by atoms with Crippen molar-refractivity contribution in [1.82, 2.24) is 0 Å². The van der Waals surface area contributed by atoms with Crippen LogP contribution in [0.1, 0.15) is 31.7 Å². The van der Waals surface area contributed by atoms with Crippen molar-refractivity contribution in [2.24, 2.45) is 0 Å². The normalized spacial score (nSPS) is 11.2. The molecule has 3 nitrogen and oxygen atoms in total. The Morgan fingerprint density at radius 2 is 1.89 bits per heavy atom. The lowest BCUT2D eigenvalue weighted by Gasteiger charge is -2.04. The van der Waals surface area contributed by atoms with Gasteiger partial charge in [-0.15, -0.1) is 0 Å². The number of Topliss-reactive ketones (excluding diaryl/α,β-unsaturated/α-hetero) is 1. The van der Waals surface area contributed by atoms with Gasteiger partial charge in [-0.1, -0.05) is 41.4 Å². The number of unbranched alkanes of at least 4 members (excludes halogenated alkanes) is 1. The highest BCUT2D eigenvalue weighted by Gasteiger charge is 2.18. The van der Waals surface area contributed by atoms with Crippen LogP contribution >= 0.6 is 15.9 Å². The van der Waals surface area contributed by atoms with Crippen LogP contribution in [0, 0.1) is 0 Å². The molecule has 0 atom stereocenters. The maximum Gasteiger partial charge on any atom is 0.341 e. The maximum atomic E-state index is 12.0. The summed E-state index contributed by atoms with van der Waals surface area (Å²) in [5, 5.41) is 0. The van der Waals surface area contributed by atoms with Crippen LogP contribution in [0.25, 0.3) is 6.08 Å². The minimum atomic E-state index is -0.580. The van der Waals surface area contributed by atoms with Crippen molar-refractivity contribution in [2.75, 3.05) is 7.11 Å². The molecule has 4 heteroatoms. The van der Waals surface area contributed by atoms with Gasteiger partial charge in [-0.25, -0.2) is 4.79 Å². The molecule has 0 spiro atoms. The number of carbonyl (C=O) groups is 2. The van der Waals surface area contributed by atoms with Gasteiger partial charge in [0.1, 0.15) is 5.57 Å². The van der Waals surface area contributed by atoms with Gasteiger partial charge in [-0.05, 0) is 30.2 Å². The zero-order chi connectivity index (χ0) is 14.3. The fourth-order valence-corrected chi connectivity index (χ4v) is 1.83. The van der Waals surface area contributed by atoms with E-state index in [9.17, 15) is 9.59 Å². The molecule has 0 unspecified atom stereocenters. The molecule has 0 fully saturated rings. The molecule has 0 amide bonds. The zero-order valence-corrected chi connectivity index (χ0v) is 12.7. The van der Waals surface area contributed by atoms with Crippen molar-refractivity contribution in [3.63, 3.8) is 0 Å². The van der Waals surface area contributed by atoms with E-state index in [1.54, 1.807) is 6.08 Å². The zero-order valence-electron chi connectivity index (χ0n) is 11.1. The second-order valence-electron chi connectivity index (χ2n) is 4.13. The van der Waals surface area contributed by atoms with Crippen LogP contribution in [-0.4, -0.2) is 18.9 Å². The fraction of sp³-hybridized carbons (Fsp3) is 0.333. The van der Waals surface area contributed by atoms with E-state index < -0.39 is 5.97 Å². The van der Waals surface area contributed by atoms with E-state index in [1.807, 2.05) is 31.2 Å². The molecule has 1 aromatic rings. The van der Waals surface area contributed by atoms with E-state index in [4.69, 9.17) is 0 Å². The molecule has 1 rings (SSSR count). The van der Waals surface area contributed by atoms with Gasteiger partial charge < -0.3 is 4.74 Å². The highest BCUT2D eigenvalue weighted by molar-refractivity contribution is 9.10. The lowest BCUT2D eigenvalue weighted by molar-refractivity contribution is -0.137. The van der Waals surface area contributed by atoms with E-state index in [0.717, 1.165) is 22.9 Å². The summed E-state index contributed by atoms with van der Waals surface area (Å²) in [7, 11) is 1.28. The van der Waals surface area contributed by atoms with Gasteiger partial charge in [0.2, 0.25) is 0 Å². The molecule has 0 aliphatic carbocycles. The van der Waals surface area contributed by atoms with Gasteiger partial charge in [0, 0.05) is 10.9 Å². The van der Waals surface area contributed by atoms with Crippen LogP contribution in [0.4, 0.5) is 0 Å². The first-order valence-corrected chi connectivity index (χ1v) is 6.96. The Labute approximate surface area is 121 Å². The SMILES string of the molecule is CCCCC(=O)C(=Cc1ccc(Br)cc1)C(=O)OC. The van der Waals surface area contributed by atoms with E-state index in [-0.39, 0.29) is 11.4 Å². The second kappa shape index (κ2) is 7.89. The molecule has 0 aromatic heterocycles. The van der Waals surface area contributed by atoms with Gasteiger partial charge in [-0.2, -0.15) is 0 Å². The number of esters is 1. The van der Waals surface area contributed by atoms with Crippen molar-refractivity contribution >= 4 is 33.8 Å². The minimum Gasteiger partial charge on any atom is -0.465 e. The Morgan fingerprint density at radius 3 is 2.42 bits per heavy atom. The monoisotopic (exact) mass is 324 g/mol. The molecule has 0 bridgehead atoms. The molecular formula is C15H17BrO3. The summed E-state index contributed by atoms with van der Waals surface area (Å²) in [4.78, 5) is 23.7. The molecule has 0 radical (unpaired) electrons. The molecule has 19 heavy (non-hydrogen) atoms. The minimum absolute atomic E-state index is 0.110. The highest BCUT2D eigenvalue weighted by Crippen LogP contribution is 2.15. The summed E-state index contributed by atoms with van der Waals surface area (Å²) < 4.78 is 5.62. The first-order chi connectivity index (χ1) is 9.08. The van der Waals surface area contributed by atoms with Crippen molar-refractivity contribution in [2.45, 2.75) is 26.2 Å². The second-order valence-corrected chi connectivity index (χ2v) is 5.04. The lowest BCUT2D eigenvalue weighted by Crippen LogP contribution is -2.14. The van der Waals surface area contributed by atoms with Crippen LogP contribution in [0.3, 0.4) is 0 Å². The van der Waals surface area contributed by atoms with Gasteiger partial charge in [0.15, 0.2) is 5.78 Å². The summed E-state index contributed by atoms with van der Waals surface area (Å²) in [6, 6.07) is 7.38. The Hall–Kier alpha value is -1.42. The average Bonchev–Trinajstić information content (AvgIpc) is 2.43. The number of ether oxygens (including phenoxy) is 1. The third kappa shape index (κ3) is 4.99. The first-order valence-electron chi connectivity index (χ1n) is 6.17. The molecule has 0 saturated heterocycles. The Bertz CT molecular complexity index is 475. The predicted octanol–water partition coefficient (Wildman–Crippen LogP) is 3.76. The fourth-order valence-electron chi connectivity index (χ4n) is 1.56. The van der Waals surface area contributed by atoms with Gasteiger partial charge in [-0.3, -0.25) is 4.79 Å². The summed E-state index contributed by atoms with van der Waals surface area (Å²) in [6.07, 6.45) is 3.64. The average molecular weight is 325 g/mol. The number of rotatable bonds is 6. The van der Waals surface area contributed by atoms with E-state index in [1.165, 1.54) is 7.11 Å². The maximum absolute atomic E-state index is 12.0. The summed E-state index contributed by atoms with van der Waals surface area (Å²) in [5.74, 6) is -0.749. The number of ketones is 1. The molecule has 0 N–H and O–H groups in total. The Kier molecular flexibility index (Phi) is 6.50. The van der Waals surface area contributed by atoms with Crippen LogP contribution in [0.2, 0.25) is 0 Å². The molecule has 102 valence electrons. The van der Waals surface area contributed by atoms with E-state index >= 15 is 0 Å². The topological polar surface area (TPSA) is 43.4 Å². The largest absolute Gasteiger partial charge is 0.465 e. The lowest BCUT2D eigenvalue weighted by atomic mass is 10.0. The standard InChI is InChI=1S/C15H17BrO3/c1-3-4-5-14(17)13(15(18)19-2)10-11-6-8-12(16)9-7-11/h6-10H,3-5H2,1-2H3. The van der Waals surface area contributed by atoms with Crippen LogP contribution < -0.4 is 0 Å². The number of methoxy groups -OCH3 is 1. The van der Waals surface area contributed by atoms with Crippen molar-refractivity contribution in [1.29, 1.82) is 0 Å². The van der Waals surface area contributed by atoms with Crippen molar-refractivity contribution in [3.05, 3.63) is 39.9 Å². The van der Waals surface area contributed by atoms with Crippen molar-refractivity contribution < 1.29 is 14.3 Å². The predicted molar refractivity (Wildman–Crippen MR) is 78.7 cm³/mol.